The normalized spacial score (nSPS) is 20.4. The molecular formula is C42H58NO+. The van der Waals surface area contributed by atoms with Crippen LogP contribution in [0.1, 0.15) is 112 Å². The molecule has 0 aliphatic heterocycles. The van der Waals surface area contributed by atoms with Crippen molar-refractivity contribution < 1.29 is 9.67 Å². The average molecular weight is 593 g/mol. The molecule has 236 valence electrons. The third-order valence-electron chi connectivity index (χ3n) is 9.29. The zero-order valence-corrected chi connectivity index (χ0v) is 29.1. The summed E-state index contributed by atoms with van der Waals surface area (Å²) in [6.45, 7) is 21.2. The van der Waals surface area contributed by atoms with Crippen molar-refractivity contribution in [2.75, 3.05) is 6.61 Å². The number of nitrogens with zero attached hydrogens (tertiary/aromatic N) is 1. The smallest absolute Gasteiger partial charge is 0.206 e. The maximum Gasteiger partial charge on any atom is 0.206 e. The number of rotatable bonds is 11. The molecule has 0 bridgehead atoms. The maximum absolute atomic E-state index is 9.64. The lowest BCUT2D eigenvalue weighted by Crippen LogP contribution is -2.38. The lowest BCUT2D eigenvalue weighted by atomic mass is 9.72. The van der Waals surface area contributed by atoms with Crippen LogP contribution in [0.4, 0.5) is 0 Å². The Labute approximate surface area is 269 Å². The summed E-state index contributed by atoms with van der Waals surface area (Å²) in [5, 5.41) is 9.64. The first kappa shape index (κ1) is 35.3. The molecule has 3 rings (SSSR count). The first-order valence-electron chi connectivity index (χ1n) is 16.6. The molecule has 0 atom stereocenters. The van der Waals surface area contributed by atoms with Crippen LogP contribution in [0, 0.1) is 10.8 Å². The van der Waals surface area contributed by atoms with Crippen LogP contribution in [0.25, 0.3) is 12.2 Å². The second kappa shape index (κ2) is 16.2. The van der Waals surface area contributed by atoms with Gasteiger partial charge in [0.2, 0.25) is 5.69 Å². The molecule has 2 aliphatic rings. The van der Waals surface area contributed by atoms with Crippen molar-refractivity contribution in [1.82, 2.24) is 0 Å². The predicted molar refractivity (Wildman–Crippen MR) is 192 cm³/mol. The van der Waals surface area contributed by atoms with Gasteiger partial charge in [-0.1, -0.05) is 111 Å². The predicted octanol–water partition coefficient (Wildman–Crippen LogP) is 11.0. The standard InChI is InChI=1S/C42H58NO/c1-32(20-22-39-35(4)17-12-25-41(39,6)7)14-10-16-34(3)30-38-31-37(24-27-43(38)28-29-44)19-11-15-33(2)21-23-40-36(5)18-13-26-42(40,8)9/h10-11,14-16,19-24,27,30-31,44H,12-13,17-18,25-26,28-29H2,1-9H3/q+1/b16-10+,19-11+,22-20+,23-21+,32-14+,33-15-,34-30-. The number of aliphatic hydroxyl groups is 1. The first-order chi connectivity index (χ1) is 20.8. The van der Waals surface area contributed by atoms with E-state index in [0.29, 0.717) is 6.54 Å². The van der Waals surface area contributed by atoms with Gasteiger partial charge in [-0.05, 0) is 106 Å². The van der Waals surface area contributed by atoms with Gasteiger partial charge in [0.05, 0.1) is 0 Å². The van der Waals surface area contributed by atoms with Crippen LogP contribution in [0.2, 0.25) is 0 Å². The number of allylic oxidation sites excluding steroid dienone is 16. The molecule has 0 spiro atoms. The van der Waals surface area contributed by atoms with Crippen LogP contribution in [0.5, 0.6) is 0 Å². The molecule has 0 radical (unpaired) electrons. The molecule has 0 aromatic carbocycles. The van der Waals surface area contributed by atoms with Crippen LogP contribution in [0.3, 0.4) is 0 Å². The quantitative estimate of drug-likeness (QED) is 0.201. The summed E-state index contributed by atoms with van der Waals surface area (Å²) in [7, 11) is 0. The number of aliphatic hydroxyl groups excluding tert-OH is 1. The summed E-state index contributed by atoms with van der Waals surface area (Å²) in [4.78, 5) is 0. The van der Waals surface area contributed by atoms with Crippen LogP contribution in [-0.4, -0.2) is 11.7 Å². The van der Waals surface area contributed by atoms with Crippen molar-refractivity contribution in [1.29, 1.82) is 0 Å². The topological polar surface area (TPSA) is 24.1 Å². The van der Waals surface area contributed by atoms with Gasteiger partial charge in [0.25, 0.3) is 0 Å². The highest BCUT2D eigenvalue weighted by atomic mass is 16.3. The van der Waals surface area contributed by atoms with Gasteiger partial charge in [-0.25, -0.2) is 0 Å². The largest absolute Gasteiger partial charge is 0.390 e. The Morgan fingerprint density at radius 2 is 1.32 bits per heavy atom. The van der Waals surface area contributed by atoms with E-state index in [9.17, 15) is 5.11 Å². The van der Waals surface area contributed by atoms with Gasteiger partial charge < -0.3 is 5.11 Å². The number of aromatic nitrogens is 1. The van der Waals surface area contributed by atoms with Crippen LogP contribution in [0.15, 0.2) is 112 Å². The summed E-state index contributed by atoms with van der Waals surface area (Å²) in [6, 6.07) is 4.29. The molecule has 1 N–H and O–H groups in total. The molecule has 0 fully saturated rings. The van der Waals surface area contributed by atoms with Gasteiger partial charge in [-0.3, -0.25) is 0 Å². The minimum absolute atomic E-state index is 0.109. The van der Waals surface area contributed by atoms with E-state index in [4.69, 9.17) is 0 Å². The summed E-state index contributed by atoms with van der Waals surface area (Å²) >= 11 is 0. The van der Waals surface area contributed by atoms with Gasteiger partial charge in [0.1, 0.15) is 6.61 Å². The van der Waals surface area contributed by atoms with Crippen LogP contribution < -0.4 is 4.57 Å². The Hall–Kier alpha value is -3.23. The Bertz CT molecular complexity index is 1440. The number of hydrogen-bond acceptors (Lipinski definition) is 1. The van der Waals surface area contributed by atoms with E-state index >= 15 is 0 Å². The lowest BCUT2D eigenvalue weighted by Gasteiger charge is -2.33. The van der Waals surface area contributed by atoms with Gasteiger partial charge in [-0.2, -0.15) is 4.57 Å². The minimum Gasteiger partial charge on any atom is -0.390 e. The Morgan fingerprint density at radius 3 is 1.84 bits per heavy atom. The fourth-order valence-corrected chi connectivity index (χ4v) is 6.61. The molecular weight excluding hydrogens is 534 g/mol. The highest BCUT2D eigenvalue weighted by Gasteiger charge is 2.27. The number of hydrogen-bond donors (Lipinski definition) is 1. The van der Waals surface area contributed by atoms with Crippen molar-refractivity contribution in [2.45, 2.75) is 107 Å². The van der Waals surface area contributed by atoms with Crippen LogP contribution >= 0.6 is 0 Å². The Kier molecular flexibility index (Phi) is 13.0. The van der Waals surface area contributed by atoms with Crippen molar-refractivity contribution in [3.63, 3.8) is 0 Å². The van der Waals surface area contributed by atoms with Crippen LogP contribution in [-0.2, 0) is 6.54 Å². The molecule has 2 nitrogen and oxygen atoms in total. The SMILES string of the molecule is CC1=C(/C=C/C(C)=C\C=C\c2cc[n+](CCO)c(\C=C(C)/C=C/C=C(C)/C=C/C3=C(C)CCCC3(C)C)c2)C(C)(C)CCC1. The molecule has 2 heteroatoms. The van der Waals surface area contributed by atoms with E-state index in [1.807, 2.05) is 0 Å². The Morgan fingerprint density at radius 1 is 0.773 bits per heavy atom. The molecule has 1 heterocycles. The third-order valence-corrected chi connectivity index (χ3v) is 9.29. The van der Waals surface area contributed by atoms with Gasteiger partial charge in [-0.15, -0.1) is 0 Å². The van der Waals surface area contributed by atoms with Crippen molar-refractivity contribution in [3.05, 3.63) is 123 Å². The third kappa shape index (κ3) is 10.4. The minimum atomic E-state index is 0.109. The summed E-state index contributed by atoms with van der Waals surface area (Å²) in [6.07, 6.45) is 33.9. The summed E-state index contributed by atoms with van der Waals surface area (Å²) in [5.41, 5.74) is 12.4. The van der Waals surface area contributed by atoms with Crippen molar-refractivity contribution >= 4 is 12.2 Å². The highest BCUT2D eigenvalue weighted by Crippen LogP contribution is 2.41. The highest BCUT2D eigenvalue weighted by molar-refractivity contribution is 5.57. The fourth-order valence-electron chi connectivity index (χ4n) is 6.61. The van der Waals surface area contributed by atoms with Gasteiger partial charge in [0, 0.05) is 18.2 Å². The number of pyridine rings is 1. The maximum atomic E-state index is 9.64. The van der Waals surface area contributed by atoms with E-state index in [2.05, 4.69) is 152 Å². The average Bonchev–Trinajstić information content (AvgIpc) is 2.93. The second-order valence-electron chi connectivity index (χ2n) is 14.3. The van der Waals surface area contributed by atoms with E-state index in [1.165, 1.54) is 72.0 Å². The summed E-state index contributed by atoms with van der Waals surface area (Å²) in [5.74, 6) is 0. The lowest BCUT2D eigenvalue weighted by molar-refractivity contribution is -0.699. The zero-order chi connectivity index (χ0) is 32.3. The van der Waals surface area contributed by atoms with E-state index in [0.717, 1.165) is 16.8 Å². The summed E-state index contributed by atoms with van der Waals surface area (Å²) < 4.78 is 2.10. The zero-order valence-electron chi connectivity index (χ0n) is 29.1. The second-order valence-corrected chi connectivity index (χ2v) is 14.3. The first-order valence-corrected chi connectivity index (χ1v) is 16.6. The molecule has 2 aliphatic carbocycles. The Balaban J connectivity index is 1.72. The van der Waals surface area contributed by atoms with Crippen molar-refractivity contribution in [2.24, 2.45) is 10.8 Å². The van der Waals surface area contributed by atoms with E-state index in [-0.39, 0.29) is 17.4 Å². The van der Waals surface area contributed by atoms with Gasteiger partial charge >= 0.3 is 0 Å². The molecule has 1 aromatic heterocycles. The molecule has 0 saturated heterocycles. The molecule has 0 saturated carbocycles. The van der Waals surface area contributed by atoms with E-state index in [1.54, 1.807) is 0 Å². The molecule has 0 unspecified atom stereocenters. The monoisotopic (exact) mass is 592 g/mol. The fraction of sp³-hybridized carbons (Fsp3) is 0.452. The molecule has 1 aromatic rings. The molecule has 0 amide bonds. The van der Waals surface area contributed by atoms with Crippen molar-refractivity contribution in [3.8, 4) is 0 Å². The molecule has 44 heavy (non-hydrogen) atoms. The van der Waals surface area contributed by atoms with Gasteiger partial charge in [0.15, 0.2) is 12.7 Å². The van der Waals surface area contributed by atoms with E-state index < -0.39 is 0 Å².